The Balaban J connectivity index is 2.07. The van der Waals surface area contributed by atoms with Crippen LogP contribution < -0.4 is 5.73 Å². The summed E-state index contributed by atoms with van der Waals surface area (Å²) in [4.78, 5) is 0. The highest BCUT2D eigenvalue weighted by molar-refractivity contribution is 6.31. The van der Waals surface area contributed by atoms with Crippen LogP contribution in [-0.2, 0) is 11.2 Å². The highest BCUT2D eigenvalue weighted by Gasteiger charge is 2.15. The normalized spacial score (nSPS) is 17.2. The van der Waals surface area contributed by atoms with Gasteiger partial charge in [0.25, 0.3) is 0 Å². The van der Waals surface area contributed by atoms with E-state index in [-0.39, 0.29) is 11.9 Å². The summed E-state index contributed by atoms with van der Waals surface area (Å²) in [6, 6.07) is 4.29. The average molecular weight is 256 g/mol. The number of hydrogen-bond donors (Lipinski definition) is 1. The summed E-state index contributed by atoms with van der Waals surface area (Å²) in [5, 5.41) is 0.428. The Bertz CT molecular complexity index is 433. The van der Waals surface area contributed by atoms with Crippen molar-refractivity contribution in [3.8, 4) is 0 Å². The lowest BCUT2D eigenvalue weighted by Crippen LogP contribution is -2.27. The third-order valence-electron chi connectivity index (χ3n) is 2.89. The quantitative estimate of drug-likeness (QED) is 0.901. The molecule has 0 fully saturated rings. The number of nitrogens with two attached hydrogens (primary N) is 1. The largest absolute Gasteiger partial charge is 0.501 e. The van der Waals surface area contributed by atoms with Gasteiger partial charge in [-0.1, -0.05) is 17.7 Å². The zero-order valence-electron chi connectivity index (χ0n) is 9.46. The van der Waals surface area contributed by atoms with Crippen LogP contribution in [0.15, 0.2) is 30.0 Å². The molecule has 1 unspecified atom stereocenters. The van der Waals surface area contributed by atoms with E-state index >= 15 is 0 Å². The van der Waals surface area contributed by atoms with Crippen LogP contribution in [0.1, 0.15) is 18.4 Å². The highest BCUT2D eigenvalue weighted by Crippen LogP contribution is 2.22. The molecule has 1 aromatic carbocycles. The van der Waals surface area contributed by atoms with Gasteiger partial charge in [-0.15, -0.1) is 0 Å². The lowest BCUT2D eigenvalue weighted by molar-refractivity contribution is 0.221. The molecule has 1 aliphatic rings. The first kappa shape index (κ1) is 12.4. The average Bonchev–Trinajstić information content (AvgIpc) is 2.34. The monoisotopic (exact) mass is 255 g/mol. The Morgan fingerprint density at radius 1 is 1.47 bits per heavy atom. The van der Waals surface area contributed by atoms with E-state index in [0.717, 1.165) is 30.6 Å². The van der Waals surface area contributed by atoms with Crippen molar-refractivity contribution in [2.24, 2.45) is 5.73 Å². The molecule has 2 nitrogen and oxygen atoms in total. The third kappa shape index (κ3) is 3.20. The molecule has 0 bridgehead atoms. The van der Waals surface area contributed by atoms with E-state index in [1.165, 1.54) is 12.1 Å². The molecule has 2 N–H and O–H groups in total. The predicted molar refractivity (Wildman–Crippen MR) is 66.4 cm³/mol. The van der Waals surface area contributed by atoms with Gasteiger partial charge in [-0.25, -0.2) is 4.39 Å². The zero-order chi connectivity index (χ0) is 12.3. The van der Waals surface area contributed by atoms with Gasteiger partial charge in [0.05, 0.1) is 12.9 Å². The van der Waals surface area contributed by atoms with E-state index in [1.54, 1.807) is 12.3 Å². The zero-order valence-corrected chi connectivity index (χ0v) is 10.2. The van der Waals surface area contributed by atoms with E-state index < -0.39 is 0 Å². The second-order valence-corrected chi connectivity index (χ2v) is 4.62. The van der Waals surface area contributed by atoms with Crippen LogP contribution in [0, 0.1) is 5.82 Å². The van der Waals surface area contributed by atoms with Gasteiger partial charge in [0.15, 0.2) is 0 Å². The maximum absolute atomic E-state index is 12.9. The fourth-order valence-corrected chi connectivity index (χ4v) is 2.16. The molecule has 1 aliphatic heterocycles. The summed E-state index contributed by atoms with van der Waals surface area (Å²) >= 11 is 5.97. The van der Waals surface area contributed by atoms with Crippen molar-refractivity contribution >= 4 is 11.6 Å². The van der Waals surface area contributed by atoms with Crippen LogP contribution in [0.5, 0.6) is 0 Å². The molecule has 1 atom stereocenters. The van der Waals surface area contributed by atoms with Gasteiger partial charge >= 0.3 is 0 Å². The first-order valence-electron chi connectivity index (χ1n) is 5.67. The summed E-state index contributed by atoms with van der Waals surface area (Å²) in [5.41, 5.74) is 8.05. The molecule has 1 aromatic rings. The molecule has 92 valence electrons. The number of ether oxygens (including phenoxy) is 1. The van der Waals surface area contributed by atoms with Crippen LogP contribution in [-0.4, -0.2) is 12.6 Å². The Hall–Kier alpha value is -1.06. The van der Waals surface area contributed by atoms with Gasteiger partial charge in [-0.3, -0.25) is 0 Å². The van der Waals surface area contributed by atoms with Crippen LogP contribution in [0.4, 0.5) is 4.39 Å². The van der Waals surface area contributed by atoms with Gasteiger partial charge in [-0.05, 0) is 42.5 Å². The minimum atomic E-state index is -0.326. The summed E-state index contributed by atoms with van der Waals surface area (Å²) in [6.07, 6.45) is 4.30. The highest BCUT2D eigenvalue weighted by atomic mass is 35.5. The molecule has 17 heavy (non-hydrogen) atoms. The van der Waals surface area contributed by atoms with Crippen molar-refractivity contribution in [1.82, 2.24) is 0 Å². The van der Waals surface area contributed by atoms with Gasteiger partial charge in [0, 0.05) is 11.1 Å². The van der Waals surface area contributed by atoms with E-state index in [0.29, 0.717) is 11.4 Å². The molecular weight excluding hydrogens is 241 g/mol. The minimum Gasteiger partial charge on any atom is -0.501 e. The lowest BCUT2D eigenvalue weighted by atomic mass is 9.96. The Morgan fingerprint density at radius 3 is 2.94 bits per heavy atom. The SMILES string of the molecule is NC(Cc1ccc(F)cc1Cl)C1=COCCC1. The number of halogens is 2. The molecule has 2 rings (SSSR count). The van der Waals surface area contributed by atoms with E-state index in [2.05, 4.69) is 0 Å². The van der Waals surface area contributed by atoms with Crippen molar-refractivity contribution in [3.63, 3.8) is 0 Å². The molecular formula is C13H15ClFNO. The summed E-state index contributed by atoms with van der Waals surface area (Å²) in [6.45, 7) is 0.757. The molecule has 0 radical (unpaired) electrons. The van der Waals surface area contributed by atoms with Crippen molar-refractivity contribution in [3.05, 3.63) is 46.4 Å². The van der Waals surface area contributed by atoms with Crippen molar-refractivity contribution in [2.45, 2.75) is 25.3 Å². The van der Waals surface area contributed by atoms with Crippen molar-refractivity contribution < 1.29 is 9.13 Å². The lowest BCUT2D eigenvalue weighted by Gasteiger charge is -2.20. The number of hydrogen-bond acceptors (Lipinski definition) is 2. The van der Waals surface area contributed by atoms with Crippen molar-refractivity contribution in [1.29, 1.82) is 0 Å². The Kier molecular flexibility index (Phi) is 4.02. The Labute approximate surface area is 105 Å². The van der Waals surface area contributed by atoms with Crippen LogP contribution in [0.25, 0.3) is 0 Å². The van der Waals surface area contributed by atoms with Crippen LogP contribution in [0.2, 0.25) is 5.02 Å². The molecule has 0 saturated heterocycles. The molecule has 0 amide bonds. The summed E-state index contributed by atoms with van der Waals surface area (Å²) in [5.74, 6) is -0.326. The maximum atomic E-state index is 12.9. The standard InChI is InChI=1S/C13H15ClFNO/c14-12-7-11(15)4-3-9(12)6-13(16)10-2-1-5-17-8-10/h3-4,7-8,13H,1-2,5-6,16H2. The van der Waals surface area contributed by atoms with Crippen LogP contribution >= 0.6 is 11.6 Å². The molecule has 0 spiro atoms. The second kappa shape index (κ2) is 5.52. The fourth-order valence-electron chi connectivity index (χ4n) is 1.91. The van der Waals surface area contributed by atoms with Gasteiger partial charge < -0.3 is 10.5 Å². The first-order chi connectivity index (χ1) is 8.16. The molecule has 0 aliphatic carbocycles. The smallest absolute Gasteiger partial charge is 0.124 e. The second-order valence-electron chi connectivity index (χ2n) is 4.21. The molecule has 0 aromatic heterocycles. The summed E-state index contributed by atoms with van der Waals surface area (Å²) in [7, 11) is 0. The topological polar surface area (TPSA) is 35.2 Å². The van der Waals surface area contributed by atoms with E-state index in [4.69, 9.17) is 22.1 Å². The molecule has 1 heterocycles. The van der Waals surface area contributed by atoms with Gasteiger partial charge in [0.1, 0.15) is 5.82 Å². The summed E-state index contributed by atoms with van der Waals surface area (Å²) < 4.78 is 18.1. The third-order valence-corrected chi connectivity index (χ3v) is 3.25. The molecule has 4 heteroatoms. The first-order valence-corrected chi connectivity index (χ1v) is 6.04. The van der Waals surface area contributed by atoms with Gasteiger partial charge in [0.2, 0.25) is 0 Å². The van der Waals surface area contributed by atoms with Gasteiger partial charge in [-0.2, -0.15) is 0 Å². The van der Waals surface area contributed by atoms with Crippen molar-refractivity contribution in [2.75, 3.05) is 6.61 Å². The fraction of sp³-hybridized carbons (Fsp3) is 0.385. The van der Waals surface area contributed by atoms with E-state index in [1.807, 2.05) is 0 Å². The van der Waals surface area contributed by atoms with E-state index in [9.17, 15) is 4.39 Å². The Morgan fingerprint density at radius 2 is 2.29 bits per heavy atom. The predicted octanol–water partition coefficient (Wildman–Crippen LogP) is 3.04. The number of rotatable bonds is 3. The molecule has 0 saturated carbocycles. The maximum Gasteiger partial charge on any atom is 0.124 e. The van der Waals surface area contributed by atoms with Crippen LogP contribution in [0.3, 0.4) is 0 Å². The minimum absolute atomic E-state index is 0.113. The number of benzene rings is 1.